The summed E-state index contributed by atoms with van der Waals surface area (Å²) in [7, 11) is 0. The Labute approximate surface area is 148 Å². The maximum absolute atomic E-state index is 2.41. The topological polar surface area (TPSA) is 0 Å². The molecule has 0 heteroatoms. The summed E-state index contributed by atoms with van der Waals surface area (Å²) in [5.74, 6) is 11.8. The molecule has 2 saturated carbocycles. The molecule has 120 valence electrons. The summed E-state index contributed by atoms with van der Waals surface area (Å²) in [5.41, 5.74) is 0. The van der Waals surface area contributed by atoms with Crippen molar-refractivity contribution in [3.05, 3.63) is 109 Å². The summed E-state index contributed by atoms with van der Waals surface area (Å²) in [6, 6.07) is 0. The minimum absolute atomic E-state index is 1.12. The van der Waals surface area contributed by atoms with E-state index in [1.54, 1.807) is 11.8 Å². The zero-order chi connectivity index (χ0) is 16.5. The van der Waals surface area contributed by atoms with Gasteiger partial charge in [-0.2, -0.15) is 0 Å². The lowest BCUT2D eigenvalue weighted by Gasteiger charge is -2.25. The van der Waals surface area contributed by atoms with Gasteiger partial charge in [-0.3, -0.25) is 0 Å². The molecule has 0 nitrogen and oxygen atoms in total. The van der Waals surface area contributed by atoms with E-state index in [1.807, 2.05) is 0 Å². The van der Waals surface area contributed by atoms with Crippen LogP contribution in [0.1, 0.15) is 39.5 Å². The first-order valence-electron chi connectivity index (χ1n) is 9.14. The van der Waals surface area contributed by atoms with E-state index in [4.69, 9.17) is 0 Å². The standard InChI is InChI=1S/C24H24/c1-3-21-19(15-17-9-5-7-11-23(17)21)13-14-20-16-18-10-6-8-12-24(18)22(20)4-2/h5-12,15-16H,3-4,13-14H2,1-2H3. The predicted octanol–water partition coefficient (Wildman–Crippen LogP) is 5.87. The van der Waals surface area contributed by atoms with Crippen LogP contribution in [0.4, 0.5) is 0 Å². The predicted molar refractivity (Wildman–Crippen MR) is 101 cm³/mol. The monoisotopic (exact) mass is 312 g/mol. The molecule has 0 atom stereocenters. The van der Waals surface area contributed by atoms with Crippen molar-refractivity contribution in [2.24, 2.45) is 0 Å². The van der Waals surface area contributed by atoms with Gasteiger partial charge < -0.3 is 0 Å². The Morgan fingerprint density at radius 3 is 1.42 bits per heavy atom. The van der Waals surface area contributed by atoms with Crippen LogP contribution in [0.25, 0.3) is 0 Å². The van der Waals surface area contributed by atoms with E-state index in [9.17, 15) is 0 Å². The Bertz CT molecular complexity index is 498. The van der Waals surface area contributed by atoms with E-state index in [0.29, 0.717) is 0 Å². The van der Waals surface area contributed by atoms with E-state index in [-0.39, 0.29) is 0 Å². The van der Waals surface area contributed by atoms with Crippen LogP contribution in [0.2, 0.25) is 0 Å². The molecule has 0 N–H and O–H groups in total. The average molecular weight is 312 g/mol. The largest absolute Gasteiger partial charge is 0.0762 e. The lowest BCUT2D eigenvalue weighted by molar-refractivity contribution is 0.731. The van der Waals surface area contributed by atoms with Crippen LogP contribution in [0.3, 0.4) is 0 Å². The molecule has 0 amide bonds. The molecule has 0 saturated heterocycles. The highest BCUT2D eigenvalue weighted by Crippen LogP contribution is 2.56. The maximum Gasteiger partial charge on any atom is 0.0161 e. The molecule has 4 aliphatic carbocycles. The van der Waals surface area contributed by atoms with Gasteiger partial charge in [0.2, 0.25) is 0 Å². The van der Waals surface area contributed by atoms with Crippen LogP contribution in [-0.4, -0.2) is 0 Å². The Balaban J connectivity index is 1.39. The maximum atomic E-state index is 2.41. The molecule has 0 spiro atoms. The second kappa shape index (κ2) is 7.06. The smallest absolute Gasteiger partial charge is 0.0161 e. The van der Waals surface area contributed by atoms with Crippen LogP contribution in [-0.2, 0) is 0 Å². The molecule has 0 aromatic rings. The van der Waals surface area contributed by atoms with Crippen molar-refractivity contribution < 1.29 is 0 Å². The first kappa shape index (κ1) is 16.4. The molecule has 0 aromatic heterocycles. The molecule has 24 heavy (non-hydrogen) atoms. The van der Waals surface area contributed by atoms with Gasteiger partial charge in [0.05, 0.1) is 0 Å². The fraction of sp³-hybridized carbons (Fsp3) is 0.250. The summed E-state index contributed by atoms with van der Waals surface area (Å²) in [5, 5.41) is 0. The normalized spacial score (nSPS) is 27.6. The average Bonchev–Trinajstić information content (AvgIpc) is 3.16. The molecular weight excluding hydrogens is 288 g/mol. The molecule has 0 unspecified atom stereocenters. The fourth-order valence-corrected chi connectivity index (χ4v) is 4.24. The zero-order valence-corrected chi connectivity index (χ0v) is 14.6. The van der Waals surface area contributed by atoms with Crippen molar-refractivity contribution in [1.29, 1.82) is 0 Å². The molecule has 4 rings (SSSR count). The van der Waals surface area contributed by atoms with Gasteiger partial charge in [0.1, 0.15) is 0 Å². The van der Waals surface area contributed by atoms with Crippen molar-refractivity contribution in [3.8, 4) is 0 Å². The van der Waals surface area contributed by atoms with Gasteiger partial charge in [0, 0.05) is 23.7 Å². The van der Waals surface area contributed by atoms with E-state index in [2.05, 4.69) is 75.3 Å². The molecule has 0 aromatic carbocycles. The van der Waals surface area contributed by atoms with Crippen LogP contribution in [0.5, 0.6) is 0 Å². The van der Waals surface area contributed by atoms with Crippen molar-refractivity contribution in [2.45, 2.75) is 39.5 Å². The highest BCUT2D eigenvalue weighted by Gasteiger charge is 2.45. The van der Waals surface area contributed by atoms with Crippen LogP contribution in [0.15, 0.2) is 48.6 Å². The number of hydrogen-bond donors (Lipinski definition) is 0. The summed E-state index contributed by atoms with van der Waals surface area (Å²) in [6.45, 7) is 4.55. The molecule has 10 radical (unpaired) electrons. The van der Waals surface area contributed by atoms with Crippen molar-refractivity contribution >= 4 is 0 Å². The summed E-state index contributed by atoms with van der Waals surface area (Å²) in [4.78, 5) is 0. The van der Waals surface area contributed by atoms with Gasteiger partial charge >= 0.3 is 0 Å². The highest BCUT2D eigenvalue weighted by molar-refractivity contribution is 5.68. The van der Waals surface area contributed by atoms with Crippen LogP contribution < -0.4 is 0 Å². The Kier molecular flexibility index (Phi) is 4.83. The Morgan fingerprint density at radius 1 is 0.583 bits per heavy atom. The minimum atomic E-state index is 1.12. The van der Waals surface area contributed by atoms with Gasteiger partial charge in [0.25, 0.3) is 0 Å². The summed E-state index contributed by atoms with van der Waals surface area (Å²) in [6.07, 6.45) is 27.0. The SMILES string of the molecule is CC[C]1[C](CC[C]2[CH][C]3C=CC=C[C]3[C]2CC)[CH][C]2C=CC=C[C]21. The number of allylic oxidation sites excluding steroid dienone is 8. The second-order valence-corrected chi connectivity index (χ2v) is 6.68. The lowest BCUT2D eigenvalue weighted by Crippen LogP contribution is -2.13. The number of fused-ring (bicyclic) bond motifs is 2. The number of hydrogen-bond acceptors (Lipinski definition) is 0. The first-order chi connectivity index (χ1) is 11.8. The zero-order valence-electron chi connectivity index (χ0n) is 14.6. The highest BCUT2D eigenvalue weighted by atomic mass is 14.5. The van der Waals surface area contributed by atoms with Crippen LogP contribution >= 0.6 is 0 Å². The molecule has 2 fully saturated rings. The Morgan fingerprint density at radius 2 is 1.00 bits per heavy atom. The summed E-state index contributed by atoms with van der Waals surface area (Å²) < 4.78 is 0. The third-order valence-electron chi connectivity index (χ3n) is 5.38. The fourth-order valence-electron chi connectivity index (χ4n) is 4.24. The van der Waals surface area contributed by atoms with Crippen molar-refractivity contribution in [1.82, 2.24) is 0 Å². The molecule has 0 heterocycles. The van der Waals surface area contributed by atoms with E-state index in [1.165, 1.54) is 35.5 Å². The minimum Gasteiger partial charge on any atom is -0.0762 e. The third kappa shape index (κ3) is 2.87. The van der Waals surface area contributed by atoms with E-state index in [0.717, 1.165) is 25.7 Å². The molecule has 0 aliphatic heterocycles. The number of rotatable bonds is 5. The van der Waals surface area contributed by atoms with Crippen LogP contribution in [0, 0.1) is 60.2 Å². The van der Waals surface area contributed by atoms with Gasteiger partial charge in [-0.1, -0.05) is 62.5 Å². The van der Waals surface area contributed by atoms with Gasteiger partial charge in [-0.15, -0.1) is 0 Å². The Hall–Kier alpha value is -1.04. The van der Waals surface area contributed by atoms with Crippen molar-refractivity contribution in [2.75, 3.05) is 0 Å². The van der Waals surface area contributed by atoms with Gasteiger partial charge in [0.15, 0.2) is 0 Å². The van der Waals surface area contributed by atoms with E-state index >= 15 is 0 Å². The van der Waals surface area contributed by atoms with Gasteiger partial charge in [-0.25, -0.2) is 0 Å². The second-order valence-electron chi connectivity index (χ2n) is 6.68. The van der Waals surface area contributed by atoms with Crippen molar-refractivity contribution in [3.63, 3.8) is 0 Å². The lowest BCUT2D eigenvalue weighted by atomic mass is 9.78. The molecule has 4 aliphatic rings. The van der Waals surface area contributed by atoms with E-state index < -0.39 is 0 Å². The summed E-state index contributed by atoms with van der Waals surface area (Å²) >= 11 is 0. The first-order valence-corrected chi connectivity index (χ1v) is 9.14. The quantitative estimate of drug-likeness (QED) is 0.595. The third-order valence-corrected chi connectivity index (χ3v) is 5.38. The van der Waals surface area contributed by atoms with Gasteiger partial charge in [-0.05, 0) is 62.2 Å². The molecule has 0 bridgehead atoms. The molecular formula is C24H24.